The summed E-state index contributed by atoms with van der Waals surface area (Å²) in [7, 11) is 0. The van der Waals surface area contributed by atoms with E-state index in [-0.39, 0.29) is 24.0 Å². The second kappa shape index (κ2) is 6.94. The smallest absolute Gasteiger partial charge is 0.229 e. The van der Waals surface area contributed by atoms with Crippen LogP contribution < -0.4 is 15.8 Å². The van der Waals surface area contributed by atoms with Crippen molar-refractivity contribution in [2.45, 2.75) is 58.6 Å². The highest BCUT2D eigenvalue weighted by atomic mass is 16.5. The van der Waals surface area contributed by atoms with Crippen molar-refractivity contribution in [2.24, 2.45) is 11.7 Å². The van der Waals surface area contributed by atoms with E-state index in [9.17, 15) is 4.79 Å². The van der Waals surface area contributed by atoms with Gasteiger partial charge in [0, 0.05) is 11.7 Å². The average Bonchev–Trinajstić information content (AvgIpc) is 2.41. The standard InChI is InChI=1S/C17H26N2O2/c1-11(2)21-13-8-9-16(12(3)10-13)19-17(20)14-6-4-5-7-15(14)18/h8-11,14-15H,4-7,18H2,1-3H3,(H,19,20). The molecule has 0 aliphatic heterocycles. The van der Waals surface area contributed by atoms with Crippen LogP contribution in [0.25, 0.3) is 0 Å². The van der Waals surface area contributed by atoms with Crippen LogP contribution in [0, 0.1) is 12.8 Å². The number of hydrogen-bond donors (Lipinski definition) is 2. The quantitative estimate of drug-likeness (QED) is 0.894. The Morgan fingerprint density at radius 3 is 2.67 bits per heavy atom. The molecule has 2 unspecified atom stereocenters. The molecule has 1 aliphatic carbocycles. The summed E-state index contributed by atoms with van der Waals surface area (Å²) in [5.74, 6) is 0.808. The maximum atomic E-state index is 12.4. The van der Waals surface area contributed by atoms with Crippen LogP contribution in [0.1, 0.15) is 45.1 Å². The van der Waals surface area contributed by atoms with E-state index in [4.69, 9.17) is 10.5 Å². The minimum Gasteiger partial charge on any atom is -0.491 e. The SMILES string of the molecule is Cc1cc(OC(C)C)ccc1NC(=O)C1CCCCC1N. The molecule has 4 nitrogen and oxygen atoms in total. The topological polar surface area (TPSA) is 64.3 Å². The van der Waals surface area contributed by atoms with E-state index in [1.165, 1.54) is 0 Å². The first kappa shape index (κ1) is 15.8. The molecule has 1 aliphatic rings. The van der Waals surface area contributed by atoms with Gasteiger partial charge in [-0.2, -0.15) is 0 Å². The lowest BCUT2D eigenvalue weighted by Gasteiger charge is -2.27. The van der Waals surface area contributed by atoms with E-state index >= 15 is 0 Å². The number of aryl methyl sites for hydroxylation is 1. The molecule has 0 saturated heterocycles. The molecular formula is C17H26N2O2. The number of ether oxygens (including phenoxy) is 1. The first-order chi connectivity index (χ1) is 9.97. The molecule has 116 valence electrons. The van der Waals surface area contributed by atoms with Crippen LogP contribution >= 0.6 is 0 Å². The van der Waals surface area contributed by atoms with Gasteiger partial charge in [-0.25, -0.2) is 0 Å². The fraction of sp³-hybridized carbons (Fsp3) is 0.588. The molecule has 3 N–H and O–H groups in total. The van der Waals surface area contributed by atoms with E-state index in [0.29, 0.717) is 0 Å². The third kappa shape index (κ3) is 4.21. The monoisotopic (exact) mass is 290 g/mol. The number of rotatable bonds is 4. The summed E-state index contributed by atoms with van der Waals surface area (Å²) in [6, 6.07) is 5.74. The van der Waals surface area contributed by atoms with E-state index in [1.807, 2.05) is 39.0 Å². The van der Waals surface area contributed by atoms with Crippen molar-refractivity contribution in [2.75, 3.05) is 5.32 Å². The minimum atomic E-state index is -0.0651. The van der Waals surface area contributed by atoms with E-state index < -0.39 is 0 Å². The van der Waals surface area contributed by atoms with Crippen LogP contribution in [-0.2, 0) is 4.79 Å². The molecule has 1 amide bonds. The molecule has 4 heteroatoms. The van der Waals surface area contributed by atoms with Gasteiger partial charge in [-0.05, 0) is 57.4 Å². The van der Waals surface area contributed by atoms with Crippen LogP contribution in [0.15, 0.2) is 18.2 Å². The highest BCUT2D eigenvalue weighted by Crippen LogP contribution is 2.26. The van der Waals surface area contributed by atoms with Crippen LogP contribution in [0.5, 0.6) is 5.75 Å². The first-order valence-corrected chi connectivity index (χ1v) is 7.81. The molecule has 2 rings (SSSR count). The zero-order valence-corrected chi connectivity index (χ0v) is 13.2. The summed E-state index contributed by atoms with van der Waals surface area (Å²) in [5, 5.41) is 3.02. The van der Waals surface area contributed by atoms with Crippen molar-refractivity contribution in [1.29, 1.82) is 0 Å². The molecule has 1 saturated carbocycles. The lowest BCUT2D eigenvalue weighted by atomic mass is 9.84. The molecule has 0 heterocycles. The second-order valence-electron chi connectivity index (χ2n) is 6.19. The largest absolute Gasteiger partial charge is 0.491 e. The van der Waals surface area contributed by atoms with Gasteiger partial charge in [0.2, 0.25) is 5.91 Å². The number of amides is 1. The van der Waals surface area contributed by atoms with Crippen LogP contribution in [-0.4, -0.2) is 18.1 Å². The van der Waals surface area contributed by atoms with E-state index in [2.05, 4.69) is 5.32 Å². The number of carbonyl (C=O) groups is 1. The van der Waals surface area contributed by atoms with Gasteiger partial charge in [0.05, 0.1) is 12.0 Å². The van der Waals surface area contributed by atoms with Crippen molar-refractivity contribution in [1.82, 2.24) is 0 Å². The first-order valence-electron chi connectivity index (χ1n) is 7.81. The predicted octanol–water partition coefficient (Wildman–Crippen LogP) is 3.24. The number of nitrogens with two attached hydrogens (primary N) is 1. The average molecular weight is 290 g/mol. The second-order valence-corrected chi connectivity index (χ2v) is 6.19. The van der Waals surface area contributed by atoms with Crippen LogP contribution in [0.3, 0.4) is 0 Å². The Morgan fingerprint density at radius 1 is 1.33 bits per heavy atom. The van der Waals surface area contributed by atoms with Gasteiger partial charge in [0.1, 0.15) is 5.75 Å². The Bertz CT molecular complexity index is 500. The van der Waals surface area contributed by atoms with Gasteiger partial charge < -0.3 is 15.8 Å². The highest BCUT2D eigenvalue weighted by molar-refractivity contribution is 5.93. The molecule has 0 aromatic heterocycles. The number of benzene rings is 1. The zero-order chi connectivity index (χ0) is 15.4. The predicted molar refractivity (Wildman–Crippen MR) is 85.5 cm³/mol. The molecule has 0 radical (unpaired) electrons. The van der Waals surface area contributed by atoms with Crippen LogP contribution in [0.4, 0.5) is 5.69 Å². The molecule has 0 spiro atoms. The van der Waals surface area contributed by atoms with Gasteiger partial charge >= 0.3 is 0 Å². The Balaban J connectivity index is 2.03. The molecule has 1 fully saturated rings. The van der Waals surface area contributed by atoms with Crippen molar-refractivity contribution in [3.05, 3.63) is 23.8 Å². The van der Waals surface area contributed by atoms with Gasteiger partial charge in [0.15, 0.2) is 0 Å². The maximum Gasteiger partial charge on any atom is 0.229 e. The van der Waals surface area contributed by atoms with Gasteiger partial charge in [0.25, 0.3) is 0 Å². The normalized spacial score (nSPS) is 22.1. The summed E-state index contributed by atoms with van der Waals surface area (Å²) in [5.41, 5.74) is 7.92. The minimum absolute atomic E-state index is 0.0115. The van der Waals surface area contributed by atoms with Crippen LogP contribution in [0.2, 0.25) is 0 Å². The number of nitrogens with one attached hydrogen (secondary N) is 1. The third-order valence-corrected chi connectivity index (χ3v) is 3.98. The summed E-state index contributed by atoms with van der Waals surface area (Å²) in [4.78, 5) is 12.4. The lowest BCUT2D eigenvalue weighted by Crippen LogP contribution is -2.40. The zero-order valence-electron chi connectivity index (χ0n) is 13.2. The van der Waals surface area contributed by atoms with E-state index in [1.54, 1.807) is 0 Å². The van der Waals surface area contributed by atoms with Gasteiger partial charge in [-0.3, -0.25) is 4.79 Å². The third-order valence-electron chi connectivity index (χ3n) is 3.98. The van der Waals surface area contributed by atoms with Crippen molar-refractivity contribution in [3.8, 4) is 5.75 Å². The summed E-state index contributed by atoms with van der Waals surface area (Å²) < 4.78 is 5.66. The number of hydrogen-bond acceptors (Lipinski definition) is 3. The van der Waals surface area contributed by atoms with Crippen molar-refractivity contribution >= 4 is 11.6 Å². The number of anilines is 1. The van der Waals surface area contributed by atoms with Crippen molar-refractivity contribution < 1.29 is 9.53 Å². The molecule has 21 heavy (non-hydrogen) atoms. The summed E-state index contributed by atoms with van der Waals surface area (Å²) in [6.07, 6.45) is 4.20. The molecular weight excluding hydrogens is 264 g/mol. The van der Waals surface area contributed by atoms with Crippen molar-refractivity contribution in [3.63, 3.8) is 0 Å². The molecule has 1 aromatic rings. The lowest BCUT2D eigenvalue weighted by molar-refractivity contribution is -0.121. The fourth-order valence-corrected chi connectivity index (χ4v) is 2.83. The Hall–Kier alpha value is -1.55. The molecule has 2 atom stereocenters. The van der Waals surface area contributed by atoms with E-state index in [0.717, 1.165) is 42.7 Å². The summed E-state index contributed by atoms with van der Waals surface area (Å²) in [6.45, 7) is 5.97. The summed E-state index contributed by atoms with van der Waals surface area (Å²) >= 11 is 0. The number of carbonyl (C=O) groups excluding carboxylic acids is 1. The molecule has 1 aromatic carbocycles. The van der Waals surface area contributed by atoms with Gasteiger partial charge in [-0.15, -0.1) is 0 Å². The Morgan fingerprint density at radius 2 is 2.05 bits per heavy atom. The highest BCUT2D eigenvalue weighted by Gasteiger charge is 2.28. The molecule has 0 bridgehead atoms. The maximum absolute atomic E-state index is 12.4. The Kier molecular flexibility index (Phi) is 5.23. The fourth-order valence-electron chi connectivity index (χ4n) is 2.83. The van der Waals surface area contributed by atoms with Gasteiger partial charge in [-0.1, -0.05) is 12.8 Å². The Labute approximate surface area is 127 Å².